The molecule has 0 fully saturated rings. The molecule has 1 N–H and O–H groups in total. The molecule has 2 aromatic rings. The molecule has 1 aliphatic carbocycles. The molecule has 2 aliphatic rings. The van der Waals surface area contributed by atoms with Crippen LogP contribution in [0.4, 0.5) is 0 Å². The second-order valence-corrected chi connectivity index (χ2v) is 8.83. The van der Waals surface area contributed by atoms with Gasteiger partial charge in [0, 0.05) is 36.4 Å². The largest absolute Gasteiger partial charge is 0.497 e. The molecule has 2 atom stereocenters. The van der Waals surface area contributed by atoms with Crippen LogP contribution in [0.1, 0.15) is 48.3 Å². The molecule has 6 nitrogen and oxygen atoms in total. The SMILES string of the molecule is COCCOC(=O)C1=C(C)NC2=C(C(=O)C[C@@H](c3ccc(OC)cc3)C2)[C@@H]1c1ccc(C)cc1. The van der Waals surface area contributed by atoms with Crippen molar-refractivity contribution in [1.29, 1.82) is 0 Å². The van der Waals surface area contributed by atoms with Crippen LogP contribution in [0.15, 0.2) is 71.1 Å². The van der Waals surface area contributed by atoms with E-state index in [1.165, 1.54) is 0 Å². The number of methoxy groups -OCH3 is 2. The van der Waals surface area contributed by atoms with Crippen LogP contribution in [0, 0.1) is 6.92 Å². The number of esters is 1. The molecular formula is C28H31NO5. The molecule has 0 amide bonds. The Hall–Kier alpha value is -3.38. The zero-order valence-electron chi connectivity index (χ0n) is 20.1. The Kier molecular flexibility index (Phi) is 7.17. The lowest BCUT2D eigenvalue weighted by Crippen LogP contribution is -2.36. The van der Waals surface area contributed by atoms with E-state index in [9.17, 15) is 9.59 Å². The van der Waals surface area contributed by atoms with Crippen LogP contribution < -0.4 is 10.1 Å². The molecule has 0 saturated carbocycles. The highest BCUT2D eigenvalue weighted by Gasteiger charge is 2.41. The molecule has 0 bridgehead atoms. The molecule has 0 unspecified atom stereocenters. The van der Waals surface area contributed by atoms with E-state index >= 15 is 0 Å². The van der Waals surface area contributed by atoms with E-state index in [4.69, 9.17) is 14.2 Å². The van der Waals surface area contributed by atoms with Crippen LogP contribution in [0.3, 0.4) is 0 Å². The maximum atomic E-state index is 13.6. The summed E-state index contributed by atoms with van der Waals surface area (Å²) in [7, 11) is 3.20. The summed E-state index contributed by atoms with van der Waals surface area (Å²) >= 11 is 0. The number of dihydropyridines is 1. The van der Waals surface area contributed by atoms with Gasteiger partial charge >= 0.3 is 5.97 Å². The van der Waals surface area contributed by atoms with Crippen molar-refractivity contribution < 1.29 is 23.8 Å². The summed E-state index contributed by atoms with van der Waals surface area (Å²) in [6.45, 7) is 4.37. The quantitative estimate of drug-likeness (QED) is 0.482. The van der Waals surface area contributed by atoms with Gasteiger partial charge in [-0.15, -0.1) is 0 Å². The van der Waals surface area contributed by atoms with Crippen molar-refractivity contribution in [3.8, 4) is 5.75 Å². The van der Waals surface area contributed by atoms with Crippen molar-refractivity contribution in [3.63, 3.8) is 0 Å². The highest BCUT2D eigenvalue weighted by Crippen LogP contribution is 2.45. The normalized spacial score (nSPS) is 20.1. The van der Waals surface area contributed by atoms with E-state index in [0.717, 1.165) is 33.8 Å². The number of carbonyl (C=O) groups excluding carboxylic acids is 2. The number of carbonyl (C=O) groups is 2. The molecule has 34 heavy (non-hydrogen) atoms. The number of allylic oxidation sites excluding steroid dienone is 3. The van der Waals surface area contributed by atoms with E-state index in [2.05, 4.69) is 5.32 Å². The van der Waals surface area contributed by atoms with Crippen molar-refractivity contribution in [2.75, 3.05) is 27.4 Å². The minimum absolute atomic E-state index is 0.0508. The second-order valence-electron chi connectivity index (χ2n) is 8.83. The first-order chi connectivity index (χ1) is 16.4. The van der Waals surface area contributed by atoms with Gasteiger partial charge in [-0.05, 0) is 49.4 Å². The number of ketones is 1. The Morgan fingerprint density at radius 3 is 2.26 bits per heavy atom. The van der Waals surface area contributed by atoms with E-state index in [-0.39, 0.29) is 18.3 Å². The Bertz CT molecular complexity index is 1130. The lowest BCUT2D eigenvalue weighted by Gasteiger charge is -2.36. The number of Topliss-reactive ketones (excluding diaryl/α,β-unsaturated/α-hetero) is 1. The monoisotopic (exact) mass is 461 g/mol. The fourth-order valence-corrected chi connectivity index (χ4v) is 4.81. The van der Waals surface area contributed by atoms with Crippen molar-refractivity contribution in [2.24, 2.45) is 0 Å². The zero-order valence-corrected chi connectivity index (χ0v) is 20.1. The third-order valence-electron chi connectivity index (χ3n) is 6.57. The molecule has 178 valence electrons. The standard InChI is InChI=1S/C28H31NO5/c1-17-5-7-20(8-6-17)26-25(28(31)34-14-13-32-3)18(2)29-23-15-21(16-24(30)27(23)26)19-9-11-22(33-4)12-10-19/h5-12,21,26,29H,13-16H2,1-4H3/t21-,26+/m0/s1. The van der Waals surface area contributed by atoms with Gasteiger partial charge in [0.2, 0.25) is 0 Å². The molecule has 0 radical (unpaired) electrons. The van der Waals surface area contributed by atoms with Crippen LogP contribution in [-0.2, 0) is 19.1 Å². The van der Waals surface area contributed by atoms with Gasteiger partial charge in [-0.2, -0.15) is 0 Å². The van der Waals surface area contributed by atoms with E-state index in [1.54, 1.807) is 14.2 Å². The van der Waals surface area contributed by atoms with E-state index in [0.29, 0.717) is 30.6 Å². The van der Waals surface area contributed by atoms with Gasteiger partial charge in [0.1, 0.15) is 12.4 Å². The number of nitrogens with one attached hydrogen (secondary N) is 1. The highest BCUT2D eigenvalue weighted by molar-refractivity contribution is 6.04. The maximum Gasteiger partial charge on any atom is 0.336 e. The first-order valence-corrected chi connectivity index (χ1v) is 11.5. The summed E-state index contributed by atoms with van der Waals surface area (Å²) in [5.74, 6) is 0.0121. The molecule has 1 aliphatic heterocycles. The first-order valence-electron chi connectivity index (χ1n) is 11.5. The summed E-state index contributed by atoms with van der Waals surface area (Å²) in [6.07, 6.45) is 1.08. The number of rotatable bonds is 7. The van der Waals surface area contributed by atoms with Crippen LogP contribution in [0.25, 0.3) is 0 Å². The molecule has 2 aromatic carbocycles. The number of hydrogen-bond donors (Lipinski definition) is 1. The third kappa shape index (κ3) is 4.77. The highest BCUT2D eigenvalue weighted by atomic mass is 16.6. The van der Waals surface area contributed by atoms with Gasteiger partial charge in [0.25, 0.3) is 0 Å². The van der Waals surface area contributed by atoms with Gasteiger partial charge in [0.05, 0.1) is 19.3 Å². The molecule has 0 spiro atoms. The maximum absolute atomic E-state index is 13.6. The number of aryl methyl sites for hydroxylation is 1. The van der Waals surface area contributed by atoms with Crippen LogP contribution >= 0.6 is 0 Å². The fraction of sp³-hybridized carbons (Fsp3) is 0.357. The molecule has 6 heteroatoms. The number of ether oxygens (including phenoxy) is 3. The molecule has 1 heterocycles. The van der Waals surface area contributed by atoms with E-state index < -0.39 is 11.9 Å². The average Bonchev–Trinajstić information content (AvgIpc) is 2.83. The van der Waals surface area contributed by atoms with Gasteiger partial charge in [-0.3, -0.25) is 4.79 Å². The van der Waals surface area contributed by atoms with Crippen LogP contribution in [0.5, 0.6) is 5.75 Å². The van der Waals surface area contributed by atoms with Gasteiger partial charge in [-0.1, -0.05) is 42.0 Å². The van der Waals surface area contributed by atoms with Crippen molar-refractivity contribution in [3.05, 3.63) is 87.8 Å². The smallest absolute Gasteiger partial charge is 0.336 e. The summed E-state index contributed by atoms with van der Waals surface area (Å²) in [6, 6.07) is 15.9. The van der Waals surface area contributed by atoms with Crippen molar-refractivity contribution in [2.45, 2.75) is 38.5 Å². The Labute approximate surface area is 200 Å². The van der Waals surface area contributed by atoms with E-state index in [1.807, 2.05) is 62.4 Å². The molecular weight excluding hydrogens is 430 g/mol. The summed E-state index contributed by atoms with van der Waals surface area (Å²) in [4.78, 5) is 26.7. The summed E-state index contributed by atoms with van der Waals surface area (Å²) < 4.78 is 15.8. The molecule has 0 aromatic heterocycles. The Balaban J connectivity index is 1.72. The summed E-state index contributed by atoms with van der Waals surface area (Å²) in [5.41, 5.74) is 5.87. The van der Waals surface area contributed by atoms with Crippen molar-refractivity contribution >= 4 is 11.8 Å². The van der Waals surface area contributed by atoms with Gasteiger partial charge in [0.15, 0.2) is 5.78 Å². The minimum Gasteiger partial charge on any atom is -0.497 e. The second kappa shape index (κ2) is 10.3. The predicted octanol–water partition coefficient (Wildman–Crippen LogP) is 4.55. The zero-order chi connectivity index (χ0) is 24.2. The number of benzene rings is 2. The Morgan fingerprint density at radius 2 is 1.62 bits per heavy atom. The topological polar surface area (TPSA) is 73.9 Å². The number of hydrogen-bond acceptors (Lipinski definition) is 6. The lowest BCUT2D eigenvalue weighted by atomic mass is 9.71. The van der Waals surface area contributed by atoms with Crippen LogP contribution in [0.2, 0.25) is 0 Å². The average molecular weight is 462 g/mol. The first kappa shape index (κ1) is 23.8. The lowest BCUT2D eigenvalue weighted by molar-refractivity contribution is -0.140. The van der Waals surface area contributed by atoms with Crippen LogP contribution in [-0.4, -0.2) is 39.2 Å². The van der Waals surface area contributed by atoms with Gasteiger partial charge in [-0.25, -0.2) is 4.79 Å². The fourth-order valence-electron chi connectivity index (χ4n) is 4.81. The Morgan fingerprint density at radius 1 is 0.941 bits per heavy atom. The van der Waals surface area contributed by atoms with Gasteiger partial charge < -0.3 is 19.5 Å². The molecule has 4 rings (SSSR count). The predicted molar refractivity (Wildman–Crippen MR) is 130 cm³/mol. The molecule has 0 saturated heterocycles. The van der Waals surface area contributed by atoms with Crippen molar-refractivity contribution in [1.82, 2.24) is 5.32 Å². The third-order valence-corrected chi connectivity index (χ3v) is 6.57. The summed E-state index contributed by atoms with van der Waals surface area (Å²) in [5, 5.41) is 3.39. The minimum atomic E-state index is -0.462.